The van der Waals surface area contributed by atoms with Crippen molar-refractivity contribution in [1.82, 2.24) is 0 Å². The van der Waals surface area contributed by atoms with Gasteiger partial charge in [-0.25, -0.2) is 4.79 Å². The zero-order chi connectivity index (χ0) is 13.8. The first-order valence-electron chi connectivity index (χ1n) is 6.00. The van der Waals surface area contributed by atoms with E-state index in [1.165, 1.54) is 5.56 Å². The Hall–Kier alpha value is -2.49. The molecule has 2 aromatic rings. The number of hydrogen-bond donors (Lipinski definition) is 3. The number of carboxylic acid groups (broad SMARTS) is 1. The average Bonchev–Trinajstić information content (AvgIpc) is 2.40. The molecular formula is C15H16N2O2. The number of benzene rings is 2. The number of para-hydroxylation sites is 1. The third-order valence-electron chi connectivity index (χ3n) is 3.09. The van der Waals surface area contributed by atoms with Crippen LogP contribution in [0.2, 0.25) is 0 Å². The molecule has 0 aliphatic rings. The molecule has 0 radical (unpaired) electrons. The molecule has 0 bridgehead atoms. The van der Waals surface area contributed by atoms with Crippen molar-refractivity contribution in [3.63, 3.8) is 0 Å². The Morgan fingerprint density at radius 2 is 1.58 bits per heavy atom. The van der Waals surface area contributed by atoms with Crippen molar-refractivity contribution in [3.05, 3.63) is 59.2 Å². The molecule has 0 aliphatic heterocycles. The maximum atomic E-state index is 11.1. The van der Waals surface area contributed by atoms with Gasteiger partial charge in [0.2, 0.25) is 0 Å². The van der Waals surface area contributed by atoms with Crippen molar-refractivity contribution in [2.45, 2.75) is 13.8 Å². The third-order valence-corrected chi connectivity index (χ3v) is 3.09. The van der Waals surface area contributed by atoms with E-state index in [2.05, 4.69) is 10.9 Å². The Morgan fingerprint density at radius 1 is 0.947 bits per heavy atom. The van der Waals surface area contributed by atoms with Gasteiger partial charge in [-0.1, -0.05) is 24.3 Å². The number of rotatable bonds is 4. The summed E-state index contributed by atoms with van der Waals surface area (Å²) in [6, 6.07) is 12.7. The molecule has 98 valence electrons. The Bertz CT molecular complexity index is 609. The number of anilines is 2. The number of carboxylic acids is 1. The number of hydrogen-bond acceptors (Lipinski definition) is 3. The van der Waals surface area contributed by atoms with E-state index in [1.807, 2.05) is 32.0 Å². The van der Waals surface area contributed by atoms with Crippen molar-refractivity contribution in [2.24, 2.45) is 0 Å². The zero-order valence-electron chi connectivity index (χ0n) is 10.9. The van der Waals surface area contributed by atoms with Crippen LogP contribution in [-0.2, 0) is 0 Å². The molecule has 0 spiro atoms. The average molecular weight is 256 g/mol. The maximum absolute atomic E-state index is 11.1. The molecule has 19 heavy (non-hydrogen) atoms. The number of hydrazine groups is 1. The van der Waals surface area contributed by atoms with Gasteiger partial charge in [0.15, 0.2) is 0 Å². The summed E-state index contributed by atoms with van der Waals surface area (Å²) in [6.07, 6.45) is 0. The molecule has 0 aliphatic carbocycles. The molecule has 0 atom stereocenters. The van der Waals surface area contributed by atoms with Gasteiger partial charge in [0.05, 0.1) is 16.9 Å². The van der Waals surface area contributed by atoms with Crippen LogP contribution < -0.4 is 10.9 Å². The van der Waals surface area contributed by atoms with Crippen LogP contribution in [0.15, 0.2) is 42.5 Å². The molecule has 0 fully saturated rings. The fourth-order valence-electron chi connectivity index (χ4n) is 1.80. The number of carbonyl (C=O) groups is 1. The molecule has 4 nitrogen and oxygen atoms in total. The quantitative estimate of drug-likeness (QED) is 0.733. The van der Waals surface area contributed by atoms with Crippen LogP contribution >= 0.6 is 0 Å². The first kappa shape index (κ1) is 13.0. The summed E-state index contributed by atoms with van der Waals surface area (Å²) in [7, 11) is 0. The normalized spacial score (nSPS) is 10.0. The predicted octanol–water partition coefficient (Wildman–Crippen LogP) is 3.44. The van der Waals surface area contributed by atoms with Crippen LogP contribution in [0.4, 0.5) is 11.4 Å². The van der Waals surface area contributed by atoms with Gasteiger partial charge < -0.3 is 16.0 Å². The molecule has 3 N–H and O–H groups in total. The summed E-state index contributed by atoms with van der Waals surface area (Å²) in [6.45, 7) is 4.05. The van der Waals surface area contributed by atoms with Crippen LogP contribution in [-0.4, -0.2) is 11.1 Å². The molecule has 4 heteroatoms. The molecular weight excluding hydrogens is 240 g/mol. The highest BCUT2D eigenvalue weighted by atomic mass is 16.4. The minimum absolute atomic E-state index is 0.236. The highest BCUT2D eigenvalue weighted by Crippen LogP contribution is 2.20. The van der Waals surface area contributed by atoms with Crippen molar-refractivity contribution in [1.29, 1.82) is 0 Å². The number of nitrogens with one attached hydrogen (secondary N) is 2. The highest BCUT2D eigenvalue weighted by Gasteiger charge is 2.08. The molecule has 2 rings (SSSR count). The summed E-state index contributed by atoms with van der Waals surface area (Å²) in [5.74, 6) is -0.953. The lowest BCUT2D eigenvalue weighted by Gasteiger charge is -2.14. The van der Waals surface area contributed by atoms with Crippen LogP contribution in [0, 0.1) is 13.8 Å². The van der Waals surface area contributed by atoms with E-state index in [4.69, 9.17) is 5.11 Å². The molecule has 0 amide bonds. The molecule has 0 heterocycles. The predicted molar refractivity (Wildman–Crippen MR) is 76.6 cm³/mol. The highest BCUT2D eigenvalue weighted by molar-refractivity contribution is 5.94. The zero-order valence-corrected chi connectivity index (χ0v) is 10.9. The fourth-order valence-corrected chi connectivity index (χ4v) is 1.80. The lowest BCUT2D eigenvalue weighted by atomic mass is 10.1. The number of aromatic carboxylic acids is 1. The van der Waals surface area contributed by atoms with Gasteiger partial charge in [0.1, 0.15) is 0 Å². The molecule has 0 unspecified atom stereocenters. The second-order valence-corrected chi connectivity index (χ2v) is 4.35. The van der Waals surface area contributed by atoms with E-state index < -0.39 is 5.97 Å². The van der Waals surface area contributed by atoms with Gasteiger partial charge in [-0.3, -0.25) is 0 Å². The van der Waals surface area contributed by atoms with Crippen molar-refractivity contribution in [2.75, 3.05) is 10.9 Å². The minimum Gasteiger partial charge on any atom is -0.478 e. The Kier molecular flexibility index (Phi) is 3.71. The summed E-state index contributed by atoms with van der Waals surface area (Å²) in [5, 5.41) is 9.09. The Morgan fingerprint density at radius 3 is 2.32 bits per heavy atom. The van der Waals surface area contributed by atoms with Gasteiger partial charge in [-0.15, -0.1) is 0 Å². The van der Waals surface area contributed by atoms with E-state index in [1.54, 1.807) is 24.3 Å². The van der Waals surface area contributed by atoms with E-state index in [0.29, 0.717) is 5.69 Å². The first-order valence-corrected chi connectivity index (χ1v) is 6.00. The topological polar surface area (TPSA) is 61.4 Å². The van der Waals surface area contributed by atoms with Crippen molar-refractivity contribution < 1.29 is 9.90 Å². The van der Waals surface area contributed by atoms with E-state index in [0.717, 1.165) is 11.3 Å². The van der Waals surface area contributed by atoms with E-state index >= 15 is 0 Å². The molecule has 0 saturated heterocycles. The largest absolute Gasteiger partial charge is 0.478 e. The monoisotopic (exact) mass is 256 g/mol. The lowest BCUT2D eigenvalue weighted by molar-refractivity contribution is 0.0698. The molecule has 2 aromatic carbocycles. The summed E-state index contributed by atoms with van der Waals surface area (Å²) >= 11 is 0. The maximum Gasteiger partial charge on any atom is 0.337 e. The van der Waals surface area contributed by atoms with Gasteiger partial charge in [-0.05, 0) is 43.2 Å². The van der Waals surface area contributed by atoms with E-state index in [-0.39, 0.29) is 5.56 Å². The van der Waals surface area contributed by atoms with E-state index in [9.17, 15) is 4.79 Å². The second kappa shape index (κ2) is 5.44. The smallest absolute Gasteiger partial charge is 0.337 e. The lowest BCUT2D eigenvalue weighted by Crippen LogP contribution is -2.13. The van der Waals surface area contributed by atoms with Crippen LogP contribution in [0.3, 0.4) is 0 Å². The number of aryl methyl sites for hydroxylation is 1. The molecule has 0 saturated carbocycles. The first-order chi connectivity index (χ1) is 9.09. The van der Waals surface area contributed by atoms with Crippen molar-refractivity contribution >= 4 is 17.3 Å². The standard InChI is InChI=1S/C15H16N2O2/c1-10-6-5-9-13(11(10)2)16-17-14-8-4-3-7-12(14)15(18)19/h3-9,16-17H,1-2H3,(H,18,19). The molecule has 0 aromatic heterocycles. The van der Waals surface area contributed by atoms with Gasteiger partial charge in [0.25, 0.3) is 0 Å². The van der Waals surface area contributed by atoms with Crippen LogP contribution in [0.5, 0.6) is 0 Å². The third kappa shape index (κ3) is 2.85. The summed E-state index contributed by atoms with van der Waals surface area (Å²) in [4.78, 5) is 11.1. The fraction of sp³-hybridized carbons (Fsp3) is 0.133. The van der Waals surface area contributed by atoms with Crippen molar-refractivity contribution in [3.8, 4) is 0 Å². The van der Waals surface area contributed by atoms with Crippen LogP contribution in [0.25, 0.3) is 0 Å². The van der Waals surface area contributed by atoms with Gasteiger partial charge in [0, 0.05) is 0 Å². The Balaban J connectivity index is 2.19. The summed E-state index contributed by atoms with van der Waals surface area (Å²) in [5.41, 5.74) is 10.0. The minimum atomic E-state index is -0.953. The van der Waals surface area contributed by atoms with Gasteiger partial charge in [-0.2, -0.15) is 0 Å². The Labute approximate surface area is 112 Å². The second-order valence-electron chi connectivity index (χ2n) is 4.35. The van der Waals surface area contributed by atoms with Gasteiger partial charge >= 0.3 is 5.97 Å². The SMILES string of the molecule is Cc1cccc(NNc2ccccc2C(=O)O)c1C. The van der Waals surface area contributed by atoms with Crippen LogP contribution in [0.1, 0.15) is 21.5 Å². The summed E-state index contributed by atoms with van der Waals surface area (Å²) < 4.78 is 0.